The molecular formula is C16H19N3O2. The van der Waals surface area contributed by atoms with Crippen LogP contribution in [0.2, 0.25) is 0 Å². The molecule has 0 saturated carbocycles. The van der Waals surface area contributed by atoms with Crippen LogP contribution in [0, 0.1) is 11.3 Å². The van der Waals surface area contributed by atoms with Crippen molar-refractivity contribution < 1.29 is 4.74 Å². The fourth-order valence-electron chi connectivity index (χ4n) is 2.12. The quantitative estimate of drug-likeness (QED) is 0.734. The number of ether oxygens (including phenoxy) is 1. The molecule has 0 amide bonds. The Balaban J connectivity index is 1.82. The second kappa shape index (κ2) is 7.34. The zero-order valence-electron chi connectivity index (χ0n) is 12.2. The molecule has 21 heavy (non-hydrogen) atoms. The molecule has 0 spiro atoms. The van der Waals surface area contributed by atoms with E-state index in [4.69, 9.17) is 10.00 Å². The fourth-order valence-corrected chi connectivity index (χ4v) is 2.12. The molecule has 1 heterocycles. The first-order valence-corrected chi connectivity index (χ1v) is 7.13. The molecule has 2 rings (SSSR count). The van der Waals surface area contributed by atoms with Crippen LogP contribution < -0.4 is 10.4 Å². The monoisotopic (exact) mass is 285 g/mol. The van der Waals surface area contributed by atoms with Crippen LogP contribution in [-0.2, 0) is 13.1 Å². The number of imidazole rings is 1. The minimum Gasteiger partial charge on any atom is -0.493 e. The van der Waals surface area contributed by atoms with Gasteiger partial charge in [0, 0.05) is 25.5 Å². The molecule has 0 fully saturated rings. The summed E-state index contributed by atoms with van der Waals surface area (Å²) in [5.74, 6) is 0.685. The van der Waals surface area contributed by atoms with Crippen LogP contribution >= 0.6 is 0 Å². The standard InChI is InChI=1S/C16H19N3O2/c1-2-7-18-9-10-19(16(18)20)8-4-11-21-15-6-3-5-14(12-15)13-17/h3,5-6,9-10,12H,2,4,7-8,11H2,1H3. The van der Waals surface area contributed by atoms with Gasteiger partial charge >= 0.3 is 5.69 Å². The highest BCUT2D eigenvalue weighted by atomic mass is 16.5. The third-order valence-electron chi connectivity index (χ3n) is 3.16. The van der Waals surface area contributed by atoms with E-state index < -0.39 is 0 Å². The largest absolute Gasteiger partial charge is 0.493 e. The molecule has 0 atom stereocenters. The van der Waals surface area contributed by atoms with Gasteiger partial charge in [0.15, 0.2) is 0 Å². The average molecular weight is 285 g/mol. The molecule has 0 aliphatic heterocycles. The molecule has 0 aliphatic rings. The van der Waals surface area contributed by atoms with Gasteiger partial charge in [-0.1, -0.05) is 13.0 Å². The Bertz CT molecular complexity index is 679. The minimum absolute atomic E-state index is 0.0309. The maximum Gasteiger partial charge on any atom is 0.328 e. The molecule has 0 unspecified atom stereocenters. The van der Waals surface area contributed by atoms with Gasteiger partial charge in [-0.15, -0.1) is 0 Å². The summed E-state index contributed by atoms with van der Waals surface area (Å²) in [5, 5.41) is 8.81. The molecule has 5 nitrogen and oxygen atoms in total. The molecule has 1 aromatic heterocycles. The predicted octanol–water partition coefficient (Wildman–Crippen LogP) is 2.40. The minimum atomic E-state index is 0.0309. The summed E-state index contributed by atoms with van der Waals surface area (Å²) in [5.41, 5.74) is 0.615. The zero-order valence-corrected chi connectivity index (χ0v) is 12.2. The van der Waals surface area contributed by atoms with Crippen LogP contribution in [0.25, 0.3) is 0 Å². The predicted molar refractivity (Wildman–Crippen MR) is 80.3 cm³/mol. The lowest BCUT2D eigenvalue weighted by molar-refractivity contribution is 0.300. The second-order valence-electron chi connectivity index (χ2n) is 4.81. The number of rotatable bonds is 7. The van der Waals surface area contributed by atoms with Crippen molar-refractivity contribution in [3.63, 3.8) is 0 Å². The van der Waals surface area contributed by atoms with E-state index in [-0.39, 0.29) is 5.69 Å². The van der Waals surface area contributed by atoms with E-state index in [1.165, 1.54) is 0 Å². The lowest BCUT2D eigenvalue weighted by Gasteiger charge is -2.06. The van der Waals surface area contributed by atoms with E-state index in [1.54, 1.807) is 27.3 Å². The summed E-state index contributed by atoms with van der Waals surface area (Å²) < 4.78 is 9.01. The molecule has 110 valence electrons. The van der Waals surface area contributed by atoms with E-state index in [2.05, 4.69) is 6.07 Å². The Hall–Kier alpha value is -2.48. The first-order valence-electron chi connectivity index (χ1n) is 7.13. The number of hydrogen-bond acceptors (Lipinski definition) is 3. The molecular weight excluding hydrogens is 266 g/mol. The fraction of sp³-hybridized carbons (Fsp3) is 0.375. The van der Waals surface area contributed by atoms with Gasteiger partial charge in [0.05, 0.1) is 18.2 Å². The van der Waals surface area contributed by atoms with Crippen molar-refractivity contribution in [3.8, 4) is 11.8 Å². The Labute approximate surface area is 124 Å². The first-order chi connectivity index (χ1) is 10.2. The Morgan fingerprint density at radius 2 is 2.00 bits per heavy atom. The Kier molecular flexibility index (Phi) is 5.22. The number of aryl methyl sites for hydroxylation is 2. The molecule has 1 aromatic carbocycles. The normalized spacial score (nSPS) is 10.3. The molecule has 2 aromatic rings. The van der Waals surface area contributed by atoms with E-state index in [1.807, 2.05) is 25.4 Å². The van der Waals surface area contributed by atoms with Crippen LogP contribution in [0.4, 0.5) is 0 Å². The van der Waals surface area contributed by atoms with E-state index in [0.29, 0.717) is 24.5 Å². The topological polar surface area (TPSA) is 59.9 Å². The van der Waals surface area contributed by atoms with Gasteiger partial charge in [-0.3, -0.25) is 9.13 Å². The number of benzene rings is 1. The molecule has 0 aliphatic carbocycles. The van der Waals surface area contributed by atoms with Gasteiger partial charge in [-0.2, -0.15) is 5.26 Å². The Morgan fingerprint density at radius 3 is 2.71 bits per heavy atom. The van der Waals surface area contributed by atoms with Crippen molar-refractivity contribution >= 4 is 0 Å². The highest BCUT2D eigenvalue weighted by molar-refractivity contribution is 5.36. The Morgan fingerprint density at radius 1 is 1.24 bits per heavy atom. The summed E-state index contributed by atoms with van der Waals surface area (Å²) in [4.78, 5) is 12.0. The summed E-state index contributed by atoms with van der Waals surface area (Å²) in [6, 6.07) is 9.15. The van der Waals surface area contributed by atoms with Crippen molar-refractivity contribution in [2.24, 2.45) is 0 Å². The second-order valence-corrected chi connectivity index (χ2v) is 4.81. The third kappa shape index (κ3) is 3.99. The van der Waals surface area contributed by atoms with E-state index >= 15 is 0 Å². The van der Waals surface area contributed by atoms with Crippen LogP contribution in [0.5, 0.6) is 5.75 Å². The third-order valence-corrected chi connectivity index (χ3v) is 3.16. The molecule has 0 radical (unpaired) electrons. The molecule has 0 bridgehead atoms. The van der Waals surface area contributed by atoms with Crippen molar-refractivity contribution in [1.82, 2.24) is 9.13 Å². The smallest absolute Gasteiger partial charge is 0.328 e. The average Bonchev–Trinajstić information content (AvgIpc) is 2.85. The summed E-state index contributed by atoms with van der Waals surface area (Å²) in [7, 11) is 0. The molecule has 0 N–H and O–H groups in total. The number of aromatic nitrogens is 2. The van der Waals surface area contributed by atoms with Gasteiger partial charge in [0.2, 0.25) is 0 Å². The lowest BCUT2D eigenvalue weighted by atomic mass is 10.2. The van der Waals surface area contributed by atoms with Crippen molar-refractivity contribution in [3.05, 3.63) is 52.7 Å². The van der Waals surface area contributed by atoms with Crippen molar-refractivity contribution in [2.45, 2.75) is 32.9 Å². The van der Waals surface area contributed by atoms with Gasteiger partial charge < -0.3 is 4.74 Å². The summed E-state index contributed by atoms with van der Waals surface area (Å²) in [6.45, 7) is 3.95. The van der Waals surface area contributed by atoms with E-state index in [0.717, 1.165) is 19.4 Å². The van der Waals surface area contributed by atoms with Crippen LogP contribution in [0.1, 0.15) is 25.3 Å². The van der Waals surface area contributed by atoms with Gasteiger partial charge in [0.25, 0.3) is 0 Å². The maximum atomic E-state index is 12.0. The highest BCUT2D eigenvalue weighted by Gasteiger charge is 2.02. The van der Waals surface area contributed by atoms with Crippen molar-refractivity contribution in [2.75, 3.05) is 6.61 Å². The maximum absolute atomic E-state index is 12.0. The lowest BCUT2D eigenvalue weighted by Crippen LogP contribution is -2.24. The summed E-state index contributed by atoms with van der Waals surface area (Å²) in [6.07, 6.45) is 5.33. The number of nitriles is 1. The first kappa shape index (κ1) is 14.9. The molecule has 0 saturated heterocycles. The number of hydrogen-bond donors (Lipinski definition) is 0. The van der Waals surface area contributed by atoms with Gasteiger partial charge in [-0.25, -0.2) is 4.79 Å². The number of nitrogens with zero attached hydrogens (tertiary/aromatic N) is 3. The van der Waals surface area contributed by atoms with Crippen LogP contribution in [-0.4, -0.2) is 15.7 Å². The van der Waals surface area contributed by atoms with Crippen LogP contribution in [0.15, 0.2) is 41.5 Å². The van der Waals surface area contributed by atoms with Gasteiger partial charge in [0.1, 0.15) is 5.75 Å². The summed E-state index contributed by atoms with van der Waals surface area (Å²) >= 11 is 0. The van der Waals surface area contributed by atoms with Crippen molar-refractivity contribution in [1.29, 1.82) is 5.26 Å². The van der Waals surface area contributed by atoms with Gasteiger partial charge in [-0.05, 0) is 31.0 Å². The highest BCUT2D eigenvalue weighted by Crippen LogP contribution is 2.12. The van der Waals surface area contributed by atoms with E-state index in [9.17, 15) is 4.79 Å². The van der Waals surface area contributed by atoms with Crippen LogP contribution in [0.3, 0.4) is 0 Å². The zero-order chi connectivity index (χ0) is 15.1. The molecule has 5 heteroatoms. The SMILES string of the molecule is CCCn1ccn(CCCOc2cccc(C#N)c2)c1=O.